The van der Waals surface area contributed by atoms with Gasteiger partial charge in [-0.15, -0.1) is 0 Å². The van der Waals surface area contributed by atoms with E-state index in [1.165, 1.54) is 89.9 Å². The lowest BCUT2D eigenvalue weighted by Crippen LogP contribution is -2.31. The molecule has 4 unspecified atom stereocenters. The number of hydrogen-bond donors (Lipinski definition) is 0. The van der Waals surface area contributed by atoms with Crippen molar-refractivity contribution in [2.45, 2.75) is 135 Å². The predicted molar refractivity (Wildman–Crippen MR) is 140 cm³/mol. The zero-order valence-corrected chi connectivity index (χ0v) is 22.1. The molecule has 0 aliphatic heterocycles. The van der Waals surface area contributed by atoms with Crippen LogP contribution < -0.4 is 0 Å². The van der Waals surface area contributed by atoms with Crippen LogP contribution in [0.25, 0.3) is 0 Å². The Morgan fingerprint density at radius 1 is 0.647 bits per heavy atom. The molecule has 0 N–H and O–H groups in total. The number of rotatable bonds is 10. The molecule has 0 amide bonds. The van der Waals surface area contributed by atoms with Crippen molar-refractivity contribution in [2.24, 2.45) is 29.6 Å². The van der Waals surface area contributed by atoms with Crippen LogP contribution in [0.1, 0.15) is 140 Å². The van der Waals surface area contributed by atoms with Crippen LogP contribution in [0.4, 0.5) is 8.78 Å². The normalized spacial score (nSPS) is 31.9. The molecule has 4 rings (SSSR count). The van der Waals surface area contributed by atoms with Crippen molar-refractivity contribution in [1.29, 1.82) is 0 Å². The van der Waals surface area contributed by atoms with E-state index < -0.39 is 0 Å². The van der Waals surface area contributed by atoms with E-state index in [0.29, 0.717) is 12.3 Å². The molecule has 2 heteroatoms. The van der Waals surface area contributed by atoms with Gasteiger partial charge in [-0.1, -0.05) is 90.9 Å². The first kappa shape index (κ1) is 26.2. The van der Waals surface area contributed by atoms with Crippen molar-refractivity contribution in [1.82, 2.24) is 0 Å². The molecule has 0 spiro atoms. The minimum absolute atomic E-state index is 0.283. The lowest BCUT2D eigenvalue weighted by Gasteiger charge is -2.43. The molecule has 0 bridgehead atoms. The van der Waals surface area contributed by atoms with Crippen LogP contribution in [-0.4, -0.2) is 0 Å². The fourth-order valence-electron chi connectivity index (χ4n) is 7.86. The first-order valence-electron chi connectivity index (χ1n) is 15.0. The molecule has 0 heterocycles. The molecular formula is C32H50F2. The molecule has 4 atom stereocenters. The van der Waals surface area contributed by atoms with Crippen molar-refractivity contribution >= 4 is 0 Å². The lowest BCUT2D eigenvalue weighted by atomic mass is 9.63. The Labute approximate surface area is 208 Å². The van der Waals surface area contributed by atoms with Gasteiger partial charge in [0, 0.05) is 5.56 Å². The summed E-state index contributed by atoms with van der Waals surface area (Å²) in [6.45, 7) is 4.29. The van der Waals surface area contributed by atoms with E-state index in [0.717, 1.165) is 54.4 Å². The van der Waals surface area contributed by atoms with Gasteiger partial charge in [-0.2, -0.15) is 0 Å². The van der Waals surface area contributed by atoms with Crippen LogP contribution in [0.5, 0.6) is 0 Å². The van der Waals surface area contributed by atoms with Crippen molar-refractivity contribution in [3.63, 3.8) is 0 Å². The number of unbranched alkanes of at least 4 members (excludes halogenated alkanes) is 2. The van der Waals surface area contributed by atoms with Gasteiger partial charge in [0.15, 0.2) is 0 Å². The molecule has 0 saturated heterocycles. The largest absolute Gasteiger partial charge is 0.207 e. The summed E-state index contributed by atoms with van der Waals surface area (Å²) >= 11 is 0. The molecule has 1 aromatic carbocycles. The highest BCUT2D eigenvalue weighted by Crippen LogP contribution is 2.49. The van der Waals surface area contributed by atoms with E-state index in [2.05, 4.69) is 6.92 Å². The average Bonchev–Trinajstić information content (AvgIpc) is 2.85. The maximum atomic E-state index is 14.5. The van der Waals surface area contributed by atoms with Gasteiger partial charge in [-0.3, -0.25) is 0 Å². The first-order valence-corrected chi connectivity index (χ1v) is 15.0. The molecule has 3 saturated carbocycles. The third-order valence-electron chi connectivity index (χ3n) is 10.0. The number of fused-ring (bicyclic) bond motifs is 1. The van der Waals surface area contributed by atoms with Crippen molar-refractivity contribution in [2.75, 3.05) is 0 Å². The maximum Gasteiger partial charge on any atom is 0.129 e. The zero-order chi connectivity index (χ0) is 23.9. The van der Waals surface area contributed by atoms with E-state index in [9.17, 15) is 8.78 Å². The summed E-state index contributed by atoms with van der Waals surface area (Å²) in [5, 5.41) is 0. The van der Waals surface area contributed by atoms with Crippen LogP contribution in [0.15, 0.2) is 12.1 Å². The smallest absolute Gasteiger partial charge is 0.129 e. The number of benzene rings is 1. The Balaban J connectivity index is 1.20. The van der Waals surface area contributed by atoms with Crippen molar-refractivity contribution in [3.05, 3.63) is 34.9 Å². The Bertz CT molecular complexity index is 724. The molecular weight excluding hydrogens is 422 g/mol. The van der Waals surface area contributed by atoms with Gasteiger partial charge < -0.3 is 0 Å². The summed E-state index contributed by atoms with van der Waals surface area (Å²) in [7, 11) is 0. The lowest BCUT2D eigenvalue weighted by molar-refractivity contribution is 0.108. The predicted octanol–water partition coefficient (Wildman–Crippen LogP) is 10.4. The Kier molecular flexibility index (Phi) is 9.89. The highest BCUT2D eigenvalue weighted by atomic mass is 19.1. The molecule has 0 aromatic heterocycles. The van der Waals surface area contributed by atoms with Crippen LogP contribution in [0, 0.1) is 41.2 Å². The van der Waals surface area contributed by atoms with Gasteiger partial charge in [0.05, 0.1) is 0 Å². The van der Waals surface area contributed by atoms with Gasteiger partial charge >= 0.3 is 0 Å². The first-order chi connectivity index (χ1) is 16.6. The second kappa shape index (κ2) is 12.9. The molecule has 0 radical (unpaired) electrons. The summed E-state index contributed by atoms with van der Waals surface area (Å²) in [5.41, 5.74) is 1.20. The van der Waals surface area contributed by atoms with Gasteiger partial charge in [-0.25, -0.2) is 8.78 Å². The van der Waals surface area contributed by atoms with E-state index in [-0.39, 0.29) is 17.2 Å². The second-order valence-corrected chi connectivity index (χ2v) is 12.4. The highest BCUT2D eigenvalue weighted by molar-refractivity contribution is 5.29. The fraction of sp³-hybridized carbons (Fsp3) is 0.812. The highest BCUT2D eigenvalue weighted by Gasteiger charge is 2.36. The molecule has 3 aliphatic rings. The summed E-state index contributed by atoms with van der Waals surface area (Å²) in [6.07, 6.45) is 23.5. The minimum atomic E-state index is -0.322. The van der Waals surface area contributed by atoms with E-state index in [1.54, 1.807) is 12.1 Å². The summed E-state index contributed by atoms with van der Waals surface area (Å²) < 4.78 is 29.1. The SMILES string of the molecule is CCCCCC1CCC(CCC2CCC3CC(c4cc(F)c(CCC)c(F)c4)CCC3C2)CC1. The van der Waals surface area contributed by atoms with Crippen molar-refractivity contribution in [3.8, 4) is 0 Å². The summed E-state index contributed by atoms with van der Waals surface area (Å²) in [5.74, 6) is 4.30. The monoisotopic (exact) mass is 472 g/mol. The third-order valence-corrected chi connectivity index (χ3v) is 10.0. The molecule has 3 fully saturated rings. The van der Waals surface area contributed by atoms with E-state index in [4.69, 9.17) is 0 Å². The van der Waals surface area contributed by atoms with Gasteiger partial charge in [0.2, 0.25) is 0 Å². The van der Waals surface area contributed by atoms with Gasteiger partial charge in [-0.05, 0) is 91.7 Å². The van der Waals surface area contributed by atoms with Crippen molar-refractivity contribution < 1.29 is 8.78 Å². The van der Waals surface area contributed by atoms with Crippen LogP contribution in [-0.2, 0) is 6.42 Å². The third kappa shape index (κ3) is 6.85. The standard InChI is InChI=1S/C32H50F2/c1-3-5-6-8-23-9-11-24(12-10-23)13-14-25-15-16-27-20-28(18-17-26(27)19-25)29-21-31(33)30(7-4-2)32(34)22-29/h21-28H,3-20H2,1-2H3. The quantitative estimate of drug-likeness (QED) is 0.297. The van der Waals surface area contributed by atoms with Crippen LogP contribution in [0.2, 0.25) is 0 Å². The van der Waals surface area contributed by atoms with E-state index in [1.807, 2.05) is 6.92 Å². The minimum Gasteiger partial charge on any atom is -0.207 e. The average molecular weight is 473 g/mol. The summed E-state index contributed by atoms with van der Waals surface area (Å²) in [4.78, 5) is 0. The molecule has 0 nitrogen and oxygen atoms in total. The molecule has 1 aromatic rings. The Hall–Kier alpha value is -0.920. The van der Waals surface area contributed by atoms with Crippen LogP contribution >= 0.6 is 0 Å². The van der Waals surface area contributed by atoms with E-state index >= 15 is 0 Å². The number of halogens is 2. The number of hydrogen-bond acceptors (Lipinski definition) is 0. The fourth-order valence-corrected chi connectivity index (χ4v) is 7.86. The topological polar surface area (TPSA) is 0 Å². The molecule has 34 heavy (non-hydrogen) atoms. The second-order valence-electron chi connectivity index (χ2n) is 12.4. The van der Waals surface area contributed by atoms with Gasteiger partial charge in [0.1, 0.15) is 11.6 Å². The Morgan fingerprint density at radius 3 is 1.91 bits per heavy atom. The zero-order valence-electron chi connectivity index (χ0n) is 22.1. The summed E-state index contributed by atoms with van der Waals surface area (Å²) in [6, 6.07) is 3.31. The van der Waals surface area contributed by atoms with Crippen LogP contribution in [0.3, 0.4) is 0 Å². The Morgan fingerprint density at radius 2 is 1.24 bits per heavy atom. The molecule has 192 valence electrons. The maximum absolute atomic E-state index is 14.5. The van der Waals surface area contributed by atoms with Gasteiger partial charge in [0.25, 0.3) is 0 Å². The molecule has 3 aliphatic carbocycles.